The van der Waals surface area contributed by atoms with E-state index in [-0.39, 0.29) is 19.8 Å². The SMILES string of the molecule is FC(F)=C(F)F.[GaH3]. The summed E-state index contributed by atoms with van der Waals surface area (Å²) in [6, 6.07) is 0. The Balaban J connectivity index is 0. The molecular formula is C2H3F4Ga. The molecule has 0 heterocycles. The zero-order chi connectivity index (χ0) is 5.15. The normalized spacial score (nSPS) is 6.86. The van der Waals surface area contributed by atoms with Gasteiger partial charge < -0.3 is 0 Å². The minimum atomic E-state index is -2.91. The average Bonchev–Trinajstić information content (AvgIpc) is 1.36. The van der Waals surface area contributed by atoms with Gasteiger partial charge in [-0.2, -0.15) is 17.6 Å². The van der Waals surface area contributed by atoms with Crippen LogP contribution in [-0.4, -0.2) is 19.8 Å². The Kier molecular flexibility index (Phi) is 6.18. The summed E-state index contributed by atoms with van der Waals surface area (Å²) < 4.78 is 41.1. The van der Waals surface area contributed by atoms with Crippen molar-refractivity contribution in [2.45, 2.75) is 0 Å². The first-order valence-corrected chi connectivity index (χ1v) is 1.01. The first-order chi connectivity index (χ1) is 2.64. The van der Waals surface area contributed by atoms with Crippen LogP contribution in [0.15, 0.2) is 12.2 Å². The Morgan fingerprint density at radius 2 is 0.857 bits per heavy atom. The molecule has 7 heavy (non-hydrogen) atoms. The van der Waals surface area contributed by atoms with Crippen LogP contribution in [0.4, 0.5) is 17.6 Å². The van der Waals surface area contributed by atoms with Crippen molar-refractivity contribution in [3.63, 3.8) is 0 Å². The van der Waals surface area contributed by atoms with Crippen LogP contribution in [0, 0.1) is 0 Å². The summed E-state index contributed by atoms with van der Waals surface area (Å²) in [5.74, 6) is 0. The molecule has 0 aromatic carbocycles. The molecule has 0 N–H and O–H groups in total. The van der Waals surface area contributed by atoms with Gasteiger partial charge in [-0.3, -0.25) is 0 Å². The number of hydrogen-bond acceptors (Lipinski definition) is 0. The molecule has 0 aliphatic rings. The minimum absolute atomic E-state index is 0. The summed E-state index contributed by atoms with van der Waals surface area (Å²) in [6.45, 7) is 0. The summed E-state index contributed by atoms with van der Waals surface area (Å²) >= 11 is 0. The summed E-state index contributed by atoms with van der Waals surface area (Å²) in [6.07, 6.45) is -5.81. The molecule has 0 amide bonds. The van der Waals surface area contributed by atoms with E-state index in [4.69, 9.17) is 0 Å². The summed E-state index contributed by atoms with van der Waals surface area (Å²) in [4.78, 5) is 0. The van der Waals surface area contributed by atoms with Gasteiger partial charge in [0.25, 0.3) is 0 Å². The van der Waals surface area contributed by atoms with Crippen LogP contribution in [0.2, 0.25) is 0 Å². The van der Waals surface area contributed by atoms with Gasteiger partial charge >= 0.3 is 32.0 Å². The Morgan fingerprint density at radius 1 is 0.714 bits per heavy atom. The zero-order valence-corrected chi connectivity index (χ0v) is 2.51. The Bertz CT molecular complexity index is 59.8. The van der Waals surface area contributed by atoms with Gasteiger partial charge in [-0.1, -0.05) is 0 Å². The summed E-state index contributed by atoms with van der Waals surface area (Å²) in [5, 5.41) is 0. The van der Waals surface area contributed by atoms with Gasteiger partial charge in [0.05, 0.1) is 0 Å². The third kappa shape index (κ3) is 6.10. The third-order valence-electron chi connectivity index (χ3n) is 0.143. The topological polar surface area (TPSA) is 0 Å². The fourth-order valence-electron chi connectivity index (χ4n) is 0. The van der Waals surface area contributed by atoms with Gasteiger partial charge in [0.1, 0.15) is 0 Å². The summed E-state index contributed by atoms with van der Waals surface area (Å²) in [5.41, 5.74) is 0. The van der Waals surface area contributed by atoms with Gasteiger partial charge in [0.15, 0.2) is 0 Å². The van der Waals surface area contributed by atoms with Crippen molar-refractivity contribution in [3.8, 4) is 0 Å². The number of halogens is 4. The monoisotopic (exact) mass is 172 g/mol. The van der Waals surface area contributed by atoms with E-state index in [0.29, 0.717) is 0 Å². The molecule has 0 radical (unpaired) electrons. The first-order valence-electron chi connectivity index (χ1n) is 1.01. The van der Waals surface area contributed by atoms with Crippen molar-refractivity contribution in [2.24, 2.45) is 0 Å². The second-order valence-electron chi connectivity index (χ2n) is 0.521. The molecule has 0 nitrogen and oxygen atoms in total. The number of rotatable bonds is 0. The van der Waals surface area contributed by atoms with E-state index in [1.807, 2.05) is 0 Å². The van der Waals surface area contributed by atoms with Crippen molar-refractivity contribution in [1.29, 1.82) is 0 Å². The standard InChI is InChI=1S/C2F4.Ga.3H/c3-1(4)2(5)6;;;;. The molecule has 0 aromatic rings. The molecule has 42 valence electrons. The Labute approximate surface area is 50.3 Å². The molecule has 0 saturated heterocycles. The van der Waals surface area contributed by atoms with Crippen molar-refractivity contribution in [1.82, 2.24) is 0 Å². The first kappa shape index (κ1) is 10.2. The van der Waals surface area contributed by atoms with Crippen LogP contribution in [0.1, 0.15) is 0 Å². The second kappa shape index (κ2) is 4.26. The molecule has 0 atom stereocenters. The van der Waals surface area contributed by atoms with E-state index < -0.39 is 12.2 Å². The van der Waals surface area contributed by atoms with Gasteiger partial charge in [-0.25, -0.2) is 0 Å². The van der Waals surface area contributed by atoms with Gasteiger partial charge in [0.2, 0.25) is 0 Å². The Hall–Kier alpha value is 0.0964. The predicted molar refractivity (Wildman–Crippen MR) is 21.4 cm³/mol. The van der Waals surface area contributed by atoms with E-state index in [2.05, 4.69) is 0 Å². The van der Waals surface area contributed by atoms with Gasteiger partial charge in [0, 0.05) is 0 Å². The van der Waals surface area contributed by atoms with Crippen molar-refractivity contribution in [2.75, 3.05) is 0 Å². The van der Waals surface area contributed by atoms with E-state index >= 15 is 0 Å². The molecule has 0 aliphatic carbocycles. The maximum atomic E-state index is 10.3. The van der Waals surface area contributed by atoms with Gasteiger partial charge in [-0.15, -0.1) is 0 Å². The molecule has 0 unspecified atom stereocenters. The quantitative estimate of drug-likeness (QED) is 0.375. The van der Waals surface area contributed by atoms with E-state index in [1.54, 1.807) is 0 Å². The second-order valence-corrected chi connectivity index (χ2v) is 0.521. The molecule has 0 bridgehead atoms. The zero-order valence-electron chi connectivity index (χ0n) is 2.51. The molecule has 0 rings (SSSR count). The van der Waals surface area contributed by atoms with Crippen LogP contribution in [0.25, 0.3) is 0 Å². The van der Waals surface area contributed by atoms with Crippen molar-refractivity contribution < 1.29 is 17.6 Å². The molecular weight excluding hydrogens is 170 g/mol. The Morgan fingerprint density at radius 3 is 0.857 bits per heavy atom. The number of hydrogen-bond donors (Lipinski definition) is 0. The van der Waals surface area contributed by atoms with E-state index in [9.17, 15) is 17.6 Å². The molecule has 5 heteroatoms. The van der Waals surface area contributed by atoms with Crippen LogP contribution in [0.3, 0.4) is 0 Å². The summed E-state index contributed by atoms with van der Waals surface area (Å²) in [7, 11) is 0. The van der Waals surface area contributed by atoms with Crippen molar-refractivity contribution in [3.05, 3.63) is 12.2 Å². The molecule has 0 fully saturated rings. The van der Waals surface area contributed by atoms with E-state index in [0.717, 1.165) is 0 Å². The van der Waals surface area contributed by atoms with Crippen LogP contribution in [0.5, 0.6) is 0 Å². The van der Waals surface area contributed by atoms with Crippen LogP contribution >= 0.6 is 0 Å². The molecule has 0 saturated carbocycles. The van der Waals surface area contributed by atoms with Crippen molar-refractivity contribution >= 4 is 19.8 Å². The third-order valence-corrected chi connectivity index (χ3v) is 0.143. The molecule has 0 spiro atoms. The van der Waals surface area contributed by atoms with Crippen LogP contribution < -0.4 is 0 Å². The maximum absolute atomic E-state index is 10.3. The predicted octanol–water partition coefficient (Wildman–Crippen LogP) is 0.807. The fourth-order valence-corrected chi connectivity index (χ4v) is 0. The van der Waals surface area contributed by atoms with Crippen LogP contribution in [-0.2, 0) is 0 Å². The molecule has 0 aromatic heterocycles. The fraction of sp³-hybridized carbons (Fsp3) is 0. The van der Waals surface area contributed by atoms with Gasteiger partial charge in [-0.05, 0) is 0 Å². The average molecular weight is 173 g/mol. The molecule has 0 aliphatic heterocycles. The van der Waals surface area contributed by atoms with E-state index in [1.165, 1.54) is 0 Å².